The third-order valence-corrected chi connectivity index (χ3v) is 8.01. The Morgan fingerprint density at radius 2 is 2.06 bits per heavy atom. The number of aromatic nitrogens is 3. The maximum absolute atomic E-state index is 12.7. The number of thiophene rings is 1. The maximum atomic E-state index is 12.7. The number of aromatic carboxylic acids is 1. The van der Waals surface area contributed by atoms with Crippen LogP contribution in [0, 0.1) is 0 Å². The number of rotatable bonds is 8. The van der Waals surface area contributed by atoms with Crippen LogP contribution in [0.15, 0.2) is 27.7 Å². The highest BCUT2D eigenvalue weighted by atomic mass is 32.2. The summed E-state index contributed by atoms with van der Waals surface area (Å²) in [4.78, 5) is 49.6. The quantitative estimate of drug-likeness (QED) is 0.250. The van der Waals surface area contributed by atoms with Gasteiger partial charge in [0.15, 0.2) is 5.03 Å². The van der Waals surface area contributed by atoms with Crippen LogP contribution in [0.5, 0.6) is 5.75 Å². The molecule has 2 amide bonds. The summed E-state index contributed by atoms with van der Waals surface area (Å²) in [5, 5.41) is 41.8. The number of nitrogens with one attached hydrogen (secondary N) is 2. The van der Waals surface area contributed by atoms with Gasteiger partial charge >= 0.3 is 11.9 Å². The van der Waals surface area contributed by atoms with Gasteiger partial charge in [0.25, 0.3) is 5.91 Å². The van der Waals surface area contributed by atoms with E-state index >= 15 is 0 Å². The lowest BCUT2D eigenvalue weighted by Crippen LogP contribution is -2.70. The number of aromatic hydroxyl groups is 1. The predicted molar refractivity (Wildman–Crippen MR) is 113 cm³/mol. The van der Waals surface area contributed by atoms with E-state index < -0.39 is 35.2 Å². The Hall–Kier alpha value is -3.04. The summed E-state index contributed by atoms with van der Waals surface area (Å²) in [5.41, 5.74) is -0.00821. The number of aliphatic carboxylic acids is 1. The number of amides is 2. The van der Waals surface area contributed by atoms with Crippen LogP contribution >= 0.6 is 34.9 Å². The molecule has 0 radical (unpaired) electrons. The molecule has 1 unspecified atom stereocenters. The van der Waals surface area contributed by atoms with Gasteiger partial charge in [0.05, 0.1) is 11.3 Å². The molecule has 2 aromatic rings. The monoisotopic (exact) mass is 497 g/mol. The zero-order valence-corrected chi connectivity index (χ0v) is 18.4. The van der Waals surface area contributed by atoms with E-state index in [4.69, 9.17) is 5.11 Å². The van der Waals surface area contributed by atoms with Gasteiger partial charge in [-0.05, 0) is 17.0 Å². The maximum Gasteiger partial charge on any atom is 0.359 e. The molecule has 0 saturated carbocycles. The zero-order chi connectivity index (χ0) is 23.0. The van der Waals surface area contributed by atoms with Crippen LogP contribution in [-0.4, -0.2) is 82.3 Å². The van der Waals surface area contributed by atoms with E-state index in [0.717, 1.165) is 16.7 Å². The summed E-state index contributed by atoms with van der Waals surface area (Å²) < 4.78 is 0. The molecule has 2 aliphatic heterocycles. The van der Waals surface area contributed by atoms with Crippen molar-refractivity contribution in [2.24, 2.45) is 0 Å². The van der Waals surface area contributed by atoms with Crippen molar-refractivity contribution in [1.29, 1.82) is 0 Å². The highest BCUT2D eigenvalue weighted by Crippen LogP contribution is 2.41. The minimum atomic E-state index is -1.29. The largest absolute Gasteiger partial charge is 0.507 e. The summed E-state index contributed by atoms with van der Waals surface area (Å²) in [6.07, 6.45) is -0.0855. The fourth-order valence-electron chi connectivity index (χ4n) is 3.25. The molecule has 4 rings (SSSR count). The Balaban J connectivity index is 1.45. The average Bonchev–Trinajstić information content (AvgIpc) is 3.38. The molecule has 5 N–H and O–H groups in total. The number of aromatic amines is 1. The second-order valence-electron chi connectivity index (χ2n) is 6.69. The lowest BCUT2D eigenvalue weighted by molar-refractivity contribution is -0.150. The summed E-state index contributed by atoms with van der Waals surface area (Å²) >= 11 is 3.52. The van der Waals surface area contributed by atoms with Gasteiger partial charge in [-0.15, -0.1) is 33.3 Å². The molecule has 2 aliphatic rings. The number of carbonyl (C=O) groups excluding carboxylic acids is 2. The van der Waals surface area contributed by atoms with E-state index in [2.05, 4.69) is 20.7 Å². The van der Waals surface area contributed by atoms with Crippen LogP contribution in [0.25, 0.3) is 0 Å². The minimum Gasteiger partial charge on any atom is -0.507 e. The molecule has 2 atom stereocenters. The number of thioether (sulfide) groups is 2. The topological polar surface area (TPSA) is 186 Å². The Morgan fingerprint density at radius 3 is 2.72 bits per heavy atom. The van der Waals surface area contributed by atoms with E-state index in [9.17, 15) is 29.4 Å². The minimum absolute atomic E-state index is 0.00941. The van der Waals surface area contributed by atoms with E-state index in [1.807, 2.05) is 0 Å². The molecular weight excluding hydrogens is 482 g/mol. The highest BCUT2D eigenvalue weighted by molar-refractivity contribution is 8.01. The molecular formula is C17H15N5O7S3. The summed E-state index contributed by atoms with van der Waals surface area (Å²) in [6.45, 7) is 0. The van der Waals surface area contributed by atoms with Gasteiger partial charge in [-0.25, -0.2) is 9.59 Å². The van der Waals surface area contributed by atoms with Crippen LogP contribution in [0.2, 0.25) is 0 Å². The SMILES string of the molecule is O=C(Cc1sccc1O)NC1C(=O)N2C(C(=O)O)=C(CSc3n[nH]nc3C(=O)O)CS[C@H]12. The first-order valence-corrected chi connectivity index (χ1v) is 11.9. The number of carbonyl (C=O) groups is 4. The van der Waals surface area contributed by atoms with Gasteiger partial charge in [-0.3, -0.25) is 14.5 Å². The van der Waals surface area contributed by atoms with Gasteiger partial charge < -0.3 is 20.6 Å². The number of nitrogens with zero attached hydrogens (tertiary/aromatic N) is 3. The lowest BCUT2D eigenvalue weighted by Gasteiger charge is -2.49. The third-order valence-electron chi connectivity index (χ3n) is 4.71. The number of carboxylic acid groups (broad SMARTS) is 2. The molecule has 0 aromatic carbocycles. The number of fused-ring (bicyclic) bond motifs is 1. The zero-order valence-electron chi connectivity index (χ0n) is 16.0. The van der Waals surface area contributed by atoms with E-state index in [1.165, 1.54) is 29.2 Å². The van der Waals surface area contributed by atoms with Crippen molar-refractivity contribution in [2.45, 2.75) is 22.9 Å². The summed E-state index contributed by atoms with van der Waals surface area (Å²) in [7, 11) is 0. The highest BCUT2D eigenvalue weighted by Gasteiger charge is 2.54. The van der Waals surface area contributed by atoms with Gasteiger partial charge in [-0.1, -0.05) is 11.8 Å². The van der Waals surface area contributed by atoms with Crippen molar-refractivity contribution in [3.8, 4) is 5.75 Å². The van der Waals surface area contributed by atoms with Gasteiger partial charge in [0, 0.05) is 11.5 Å². The third kappa shape index (κ3) is 4.05. The van der Waals surface area contributed by atoms with Gasteiger partial charge in [0.2, 0.25) is 11.6 Å². The number of hydrogen-bond donors (Lipinski definition) is 5. The molecule has 12 nitrogen and oxygen atoms in total. The van der Waals surface area contributed by atoms with Crippen LogP contribution in [0.4, 0.5) is 0 Å². The van der Waals surface area contributed by atoms with Crippen LogP contribution in [0.1, 0.15) is 15.4 Å². The first kappa shape index (κ1) is 22.2. The lowest BCUT2D eigenvalue weighted by atomic mass is 10.0. The Bertz CT molecular complexity index is 1140. The Kier molecular flexibility index (Phi) is 6.12. The van der Waals surface area contributed by atoms with Crippen molar-refractivity contribution in [3.05, 3.63) is 33.3 Å². The van der Waals surface area contributed by atoms with Crippen molar-refractivity contribution in [2.75, 3.05) is 11.5 Å². The molecule has 1 fully saturated rings. The van der Waals surface area contributed by atoms with Crippen molar-refractivity contribution < 1.29 is 34.5 Å². The summed E-state index contributed by atoms with van der Waals surface area (Å²) in [6, 6.07) is 0.606. The van der Waals surface area contributed by atoms with E-state index in [0.29, 0.717) is 10.5 Å². The van der Waals surface area contributed by atoms with Gasteiger partial charge in [0.1, 0.15) is 22.9 Å². The fraction of sp³-hybridized carbons (Fsp3) is 0.294. The Morgan fingerprint density at radius 1 is 1.28 bits per heavy atom. The second-order valence-corrected chi connectivity index (χ2v) is 9.76. The fourth-order valence-corrected chi connectivity index (χ4v) is 6.41. The molecule has 1 saturated heterocycles. The van der Waals surface area contributed by atoms with Crippen LogP contribution in [-0.2, 0) is 20.8 Å². The summed E-state index contributed by atoms with van der Waals surface area (Å²) in [5.74, 6) is -3.15. The number of β-lactam (4-membered cyclic amide) rings is 1. The van der Waals surface area contributed by atoms with E-state index in [-0.39, 0.29) is 40.1 Å². The average molecular weight is 498 g/mol. The molecule has 15 heteroatoms. The van der Waals surface area contributed by atoms with Crippen molar-refractivity contribution in [1.82, 2.24) is 25.6 Å². The molecule has 2 aromatic heterocycles. The first-order valence-electron chi connectivity index (χ1n) is 8.99. The Labute approximate surface area is 192 Å². The molecule has 0 aliphatic carbocycles. The van der Waals surface area contributed by atoms with Crippen molar-refractivity contribution >= 4 is 58.6 Å². The standard InChI is InChI=1S/C17H15N5O7S3/c23-7-1-2-30-8(7)3-9(24)18-11-14(25)22-12(17(28)29)6(5-32-15(11)22)4-31-13-10(16(26)27)19-21-20-13/h1-2,11,15,23H,3-5H2,(H,18,24)(H,26,27)(H,28,29)(H,19,20,21)/t11?,15-/m1/s1. The van der Waals surface area contributed by atoms with Crippen LogP contribution < -0.4 is 5.32 Å². The number of carboxylic acids is 2. The van der Waals surface area contributed by atoms with E-state index in [1.54, 1.807) is 5.38 Å². The van der Waals surface area contributed by atoms with Crippen molar-refractivity contribution in [3.63, 3.8) is 0 Å². The molecule has 0 bridgehead atoms. The first-order chi connectivity index (χ1) is 15.3. The molecule has 4 heterocycles. The van der Waals surface area contributed by atoms with Crippen LogP contribution in [0.3, 0.4) is 0 Å². The molecule has 32 heavy (non-hydrogen) atoms. The second kappa shape index (κ2) is 8.84. The molecule has 0 spiro atoms. The number of hydrogen-bond acceptors (Lipinski definition) is 10. The normalized spacial score (nSPS) is 20.0. The molecule has 168 valence electrons. The predicted octanol–water partition coefficient (Wildman–Crippen LogP) is 0.343. The number of H-pyrrole nitrogens is 1. The van der Waals surface area contributed by atoms with Gasteiger partial charge in [-0.2, -0.15) is 5.21 Å². The smallest absolute Gasteiger partial charge is 0.359 e.